The zero-order chi connectivity index (χ0) is 15.9. The summed E-state index contributed by atoms with van der Waals surface area (Å²) in [4.78, 5) is 4.02. The Morgan fingerprint density at radius 3 is 2.22 bits per heavy atom. The largest absolute Gasteiger partial charge is 0.303 e. The molecule has 3 rings (SSSR count). The molecule has 1 saturated heterocycles. The number of hydrogen-bond donors (Lipinski definition) is 0. The first kappa shape index (κ1) is 16.6. The van der Waals surface area contributed by atoms with E-state index in [9.17, 15) is 0 Å². The minimum Gasteiger partial charge on any atom is -0.303 e. The van der Waals surface area contributed by atoms with Gasteiger partial charge in [-0.2, -0.15) is 0 Å². The molecule has 1 atom stereocenters. The molecule has 0 radical (unpaired) electrons. The molecule has 0 spiro atoms. The van der Waals surface area contributed by atoms with E-state index >= 15 is 0 Å². The van der Waals surface area contributed by atoms with Crippen LogP contribution in [0.3, 0.4) is 0 Å². The number of hydrogen-bond acceptors (Lipinski definition) is 2. The third kappa shape index (κ3) is 5.12. The number of benzene rings is 2. The van der Waals surface area contributed by atoms with Crippen LogP contribution in [0.4, 0.5) is 0 Å². The first-order chi connectivity index (χ1) is 11.3. The highest BCUT2D eigenvalue weighted by Gasteiger charge is 2.18. The van der Waals surface area contributed by atoms with Crippen LogP contribution in [0.5, 0.6) is 0 Å². The van der Waals surface area contributed by atoms with Gasteiger partial charge in [-0.05, 0) is 62.5 Å². The molecule has 1 aliphatic heterocycles. The summed E-state index contributed by atoms with van der Waals surface area (Å²) in [6, 6.07) is 21.8. The van der Waals surface area contributed by atoms with Crippen molar-refractivity contribution in [3.63, 3.8) is 0 Å². The molecule has 0 amide bonds. The zero-order valence-corrected chi connectivity index (χ0v) is 14.8. The van der Waals surface area contributed by atoms with Crippen molar-refractivity contribution in [2.75, 3.05) is 19.6 Å². The van der Waals surface area contributed by atoms with Crippen molar-refractivity contribution in [3.8, 4) is 0 Å². The molecule has 0 aromatic heterocycles. The predicted octanol–water partition coefficient (Wildman–Crippen LogP) is 5.64. The predicted molar refractivity (Wildman–Crippen MR) is 101 cm³/mol. The fourth-order valence-corrected chi connectivity index (χ4v) is 4.37. The Morgan fingerprint density at radius 2 is 1.57 bits per heavy atom. The van der Waals surface area contributed by atoms with Crippen LogP contribution in [-0.2, 0) is 0 Å². The quantitative estimate of drug-likeness (QED) is 0.632. The van der Waals surface area contributed by atoms with E-state index in [1.54, 1.807) is 0 Å². The molecule has 0 bridgehead atoms. The third-order valence-electron chi connectivity index (χ3n) is 4.78. The first-order valence-corrected chi connectivity index (χ1v) is 9.68. The SMILES string of the molecule is CC1CCN(CCC(Sc2ccccc2)c2ccccc2)CC1. The molecule has 1 aliphatic rings. The van der Waals surface area contributed by atoms with Gasteiger partial charge >= 0.3 is 0 Å². The van der Waals surface area contributed by atoms with Gasteiger partial charge in [0, 0.05) is 10.1 Å². The van der Waals surface area contributed by atoms with Crippen molar-refractivity contribution in [1.82, 2.24) is 4.90 Å². The van der Waals surface area contributed by atoms with Gasteiger partial charge in [0.15, 0.2) is 0 Å². The summed E-state index contributed by atoms with van der Waals surface area (Å²) in [5, 5.41) is 0.540. The Kier molecular flexibility index (Phi) is 6.18. The number of piperidine rings is 1. The molecule has 0 N–H and O–H groups in total. The highest BCUT2D eigenvalue weighted by molar-refractivity contribution is 7.99. The third-order valence-corrected chi connectivity index (χ3v) is 6.11. The van der Waals surface area contributed by atoms with Crippen LogP contribution in [0.25, 0.3) is 0 Å². The van der Waals surface area contributed by atoms with Crippen LogP contribution in [0.2, 0.25) is 0 Å². The van der Waals surface area contributed by atoms with Gasteiger partial charge in [-0.25, -0.2) is 0 Å². The molecule has 1 unspecified atom stereocenters. The van der Waals surface area contributed by atoms with E-state index in [-0.39, 0.29) is 0 Å². The van der Waals surface area contributed by atoms with Crippen molar-refractivity contribution >= 4 is 11.8 Å². The van der Waals surface area contributed by atoms with E-state index in [1.807, 2.05) is 11.8 Å². The van der Waals surface area contributed by atoms with Gasteiger partial charge in [0.05, 0.1) is 0 Å². The Hall–Kier alpha value is -1.25. The summed E-state index contributed by atoms with van der Waals surface area (Å²) in [6.45, 7) is 6.15. The summed E-state index contributed by atoms with van der Waals surface area (Å²) >= 11 is 2.00. The second-order valence-electron chi connectivity index (χ2n) is 6.64. The smallest absolute Gasteiger partial charge is 0.0356 e. The molecule has 0 aliphatic carbocycles. The maximum Gasteiger partial charge on any atom is 0.0356 e. The summed E-state index contributed by atoms with van der Waals surface area (Å²) in [6.07, 6.45) is 3.95. The monoisotopic (exact) mass is 325 g/mol. The number of likely N-dealkylation sites (tertiary alicyclic amines) is 1. The standard InChI is InChI=1S/C21H27NS/c1-18-12-15-22(16-13-18)17-14-21(19-8-4-2-5-9-19)23-20-10-6-3-7-11-20/h2-11,18,21H,12-17H2,1H3. The second-order valence-corrected chi connectivity index (χ2v) is 7.92. The average molecular weight is 326 g/mol. The highest BCUT2D eigenvalue weighted by atomic mass is 32.2. The second kappa shape index (κ2) is 8.56. The van der Waals surface area contributed by atoms with Gasteiger partial charge in [-0.3, -0.25) is 0 Å². The van der Waals surface area contributed by atoms with Crippen molar-refractivity contribution in [1.29, 1.82) is 0 Å². The van der Waals surface area contributed by atoms with Crippen LogP contribution in [-0.4, -0.2) is 24.5 Å². The lowest BCUT2D eigenvalue weighted by Gasteiger charge is -2.31. The van der Waals surface area contributed by atoms with Crippen molar-refractivity contribution < 1.29 is 0 Å². The number of rotatable bonds is 6. The summed E-state index contributed by atoms with van der Waals surface area (Å²) in [5.74, 6) is 0.912. The Morgan fingerprint density at radius 1 is 0.957 bits per heavy atom. The van der Waals surface area contributed by atoms with Gasteiger partial charge < -0.3 is 4.90 Å². The molecule has 1 nitrogen and oxygen atoms in total. The van der Waals surface area contributed by atoms with E-state index < -0.39 is 0 Å². The van der Waals surface area contributed by atoms with Crippen molar-refractivity contribution in [2.45, 2.75) is 36.3 Å². The normalized spacial score (nSPS) is 18.0. The summed E-state index contributed by atoms with van der Waals surface area (Å²) < 4.78 is 0. The van der Waals surface area contributed by atoms with Crippen LogP contribution < -0.4 is 0 Å². The van der Waals surface area contributed by atoms with E-state index in [1.165, 1.54) is 49.4 Å². The maximum atomic E-state index is 2.65. The van der Waals surface area contributed by atoms with Gasteiger partial charge in [-0.15, -0.1) is 11.8 Å². The maximum absolute atomic E-state index is 2.65. The molecule has 1 fully saturated rings. The van der Waals surface area contributed by atoms with E-state index in [2.05, 4.69) is 72.5 Å². The van der Waals surface area contributed by atoms with E-state index in [0.717, 1.165) is 5.92 Å². The molecule has 1 heterocycles. The van der Waals surface area contributed by atoms with Gasteiger partial charge in [-0.1, -0.05) is 55.5 Å². The molecule has 2 aromatic carbocycles. The zero-order valence-electron chi connectivity index (χ0n) is 14.0. The fraction of sp³-hybridized carbons (Fsp3) is 0.429. The van der Waals surface area contributed by atoms with Crippen molar-refractivity contribution in [3.05, 3.63) is 66.2 Å². The van der Waals surface area contributed by atoms with Crippen LogP contribution in [0.15, 0.2) is 65.6 Å². The topological polar surface area (TPSA) is 3.24 Å². The minimum atomic E-state index is 0.540. The number of thioether (sulfide) groups is 1. The Bertz CT molecular complexity index is 561. The minimum absolute atomic E-state index is 0.540. The molecule has 2 aromatic rings. The number of nitrogens with zero attached hydrogens (tertiary/aromatic N) is 1. The lowest BCUT2D eigenvalue weighted by molar-refractivity contribution is 0.190. The van der Waals surface area contributed by atoms with Crippen LogP contribution in [0, 0.1) is 5.92 Å². The van der Waals surface area contributed by atoms with Crippen LogP contribution in [0.1, 0.15) is 37.0 Å². The average Bonchev–Trinajstić information content (AvgIpc) is 2.61. The molecule has 23 heavy (non-hydrogen) atoms. The van der Waals surface area contributed by atoms with Gasteiger partial charge in [0.25, 0.3) is 0 Å². The van der Waals surface area contributed by atoms with Gasteiger partial charge in [0.2, 0.25) is 0 Å². The molecule has 2 heteroatoms. The van der Waals surface area contributed by atoms with Crippen LogP contribution >= 0.6 is 11.8 Å². The first-order valence-electron chi connectivity index (χ1n) is 8.80. The van der Waals surface area contributed by atoms with Crippen molar-refractivity contribution in [2.24, 2.45) is 5.92 Å². The molecular weight excluding hydrogens is 298 g/mol. The van der Waals surface area contributed by atoms with E-state index in [0.29, 0.717) is 5.25 Å². The lowest BCUT2D eigenvalue weighted by Crippen LogP contribution is -2.34. The summed E-state index contributed by atoms with van der Waals surface area (Å²) in [5.41, 5.74) is 1.45. The molecular formula is C21H27NS. The van der Waals surface area contributed by atoms with Gasteiger partial charge in [0.1, 0.15) is 0 Å². The molecule has 0 saturated carbocycles. The fourth-order valence-electron chi connectivity index (χ4n) is 3.21. The molecule has 122 valence electrons. The lowest BCUT2D eigenvalue weighted by atomic mass is 9.99. The Balaban J connectivity index is 1.63. The highest BCUT2D eigenvalue weighted by Crippen LogP contribution is 2.37. The summed E-state index contributed by atoms with van der Waals surface area (Å²) in [7, 11) is 0. The van der Waals surface area contributed by atoms with E-state index in [4.69, 9.17) is 0 Å². The Labute approximate surface area is 145 Å².